The summed E-state index contributed by atoms with van der Waals surface area (Å²) < 4.78 is 11.5. The number of carbonyl (C=O) groups is 1. The van der Waals surface area contributed by atoms with Crippen LogP contribution in [0.1, 0.15) is 27.0 Å². The largest absolute Gasteiger partial charge is 0.493 e. The van der Waals surface area contributed by atoms with E-state index < -0.39 is 5.97 Å². The second-order valence-electron chi connectivity index (χ2n) is 6.61. The normalized spacial score (nSPS) is 10.5. The molecule has 0 amide bonds. The fourth-order valence-electron chi connectivity index (χ4n) is 3.06. The van der Waals surface area contributed by atoms with Crippen molar-refractivity contribution in [3.8, 4) is 11.5 Å². The lowest BCUT2D eigenvalue weighted by Crippen LogP contribution is -2.08. The Morgan fingerprint density at radius 3 is 2.53 bits per heavy atom. The first kappa shape index (κ1) is 21.8. The maximum Gasteiger partial charge on any atom is 0.336 e. The summed E-state index contributed by atoms with van der Waals surface area (Å²) in [6, 6.07) is 16.0. The van der Waals surface area contributed by atoms with Gasteiger partial charge in [0.2, 0.25) is 0 Å². The van der Waals surface area contributed by atoms with Gasteiger partial charge in [-0.25, -0.2) is 4.79 Å². The van der Waals surface area contributed by atoms with Gasteiger partial charge in [-0.3, -0.25) is 0 Å². The maximum atomic E-state index is 11.4. The molecule has 0 unspecified atom stereocenters. The number of hydrogen-bond donors (Lipinski definition) is 2. The number of halogens is 2. The van der Waals surface area contributed by atoms with Crippen molar-refractivity contribution in [1.29, 1.82) is 0 Å². The quantitative estimate of drug-likeness (QED) is 0.431. The summed E-state index contributed by atoms with van der Waals surface area (Å²) in [6.07, 6.45) is 0. The lowest BCUT2D eigenvalue weighted by Gasteiger charge is -2.17. The standard InChI is InChI=1S/C23H21Cl2NO4/c1-14-18(23(27)28)6-4-7-20(14)26-12-15-5-3-8-21(29-2)22(15)30-13-16-9-10-17(24)11-19(16)25/h3-11,26H,12-13H2,1-2H3,(H,27,28). The number of methoxy groups -OCH3 is 1. The molecule has 3 aromatic carbocycles. The van der Waals surface area contributed by atoms with Gasteiger partial charge in [0.15, 0.2) is 11.5 Å². The van der Waals surface area contributed by atoms with E-state index in [-0.39, 0.29) is 12.2 Å². The van der Waals surface area contributed by atoms with Gasteiger partial charge in [0.25, 0.3) is 0 Å². The van der Waals surface area contributed by atoms with E-state index >= 15 is 0 Å². The van der Waals surface area contributed by atoms with Crippen LogP contribution in [0, 0.1) is 6.92 Å². The molecule has 0 atom stereocenters. The van der Waals surface area contributed by atoms with E-state index in [1.165, 1.54) is 0 Å². The van der Waals surface area contributed by atoms with Crippen LogP contribution >= 0.6 is 23.2 Å². The van der Waals surface area contributed by atoms with Gasteiger partial charge >= 0.3 is 5.97 Å². The fraction of sp³-hybridized carbons (Fsp3) is 0.174. The molecule has 7 heteroatoms. The number of rotatable bonds is 8. The molecule has 0 heterocycles. The zero-order chi connectivity index (χ0) is 21.7. The first-order chi connectivity index (χ1) is 14.4. The summed E-state index contributed by atoms with van der Waals surface area (Å²) in [5.74, 6) is 0.224. The van der Waals surface area contributed by atoms with Gasteiger partial charge in [0.05, 0.1) is 12.7 Å². The second kappa shape index (κ2) is 9.74. The average molecular weight is 446 g/mol. The Morgan fingerprint density at radius 2 is 1.83 bits per heavy atom. The molecule has 0 aliphatic heterocycles. The first-order valence-corrected chi connectivity index (χ1v) is 9.95. The van der Waals surface area contributed by atoms with Crippen LogP contribution in [0.5, 0.6) is 11.5 Å². The molecule has 156 valence electrons. The molecule has 0 aromatic heterocycles. The zero-order valence-corrected chi connectivity index (χ0v) is 18.1. The van der Waals surface area contributed by atoms with Crippen molar-refractivity contribution in [1.82, 2.24) is 0 Å². The summed E-state index contributed by atoms with van der Waals surface area (Å²) in [5, 5.41) is 13.7. The van der Waals surface area contributed by atoms with E-state index in [1.807, 2.05) is 30.3 Å². The highest BCUT2D eigenvalue weighted by Crippen LogP contribution is 2.33. The van der Waals surface area contributed by atoms with Crippen LogP contribution in [-0.4, -0.2) is 18.2 Å². The Balaban J connectivity index is 1.82. The number of para-hydroxylation sites is 1. The number of hydrogen-bond acceptors (Lipinski definition) is 4. The molecule has 30 heavy (non-hydrogen) atoms. The lowest BCUT2D eigenvalue weighted by atomic mass is 10.1. The highest BCUT2D eigenvalue weighted by atomic mass is 35.5. The van der Waals surface area contributed by atoms with Crippen LogP contribution in [0.15, 0.2) is 54.6 Å². The highest BCUT2D eigenvalue weighted by molar-refractivity contribution is 6.35. The number of anilines is 1. The molecule has 0 aliphatic rings. The minimum atomic E-state index is -0.957. The highest BCUT2D eigenvalue weighted by Gasteiger charge is 2.14. The molecule has 3 rings (SSSR count). The van der Waals surface area contributed by atoms with Gasteiger partial charge in [-0.2, -0.15) is 0 Å². The van der Waals surface area contributed by atoms with Crippen LogP contribution in [0.25, 0.3) is 0 Å². The zero-order valence-electron chi connectivity index (χ0n) is 16.5. The Morgan fingerprint density at radius 1 is 1.07 bits per heavy atom. The number of carboxylic acid groups (broad SMARTS) is 1. The number of carboxylic acids is 1. The molecule has 2 N–H and O–H groups in total. The fourth-order valence-corrected chi connectivity index (χ4v) is 3.53. The predicted molar refractivity (Wildman–Crippen MR) is 119 cm³/mol. The molecule has 0 bridgehead atoms. The minimum absolute atomic E-state index is 0.247. The number of aromatic carboxylic acids is 1. The van der Waals surface area contributed by atoms with Crippen molar-refractivity contribution in [2.75, 3.05) is 12.4 Å². The van der Waals surface area contributed by atoms with Gasteiger partial charge in [-0.15, -0.1) is 0 Å². The lowest BCUT2D eigenvalue weighted by molar-refractivity contribution is 0.0696. The van der Waals surface area contributed by atoms with E-state index in [0.717, 1.165) is 16.8 Å². The van der Waals surface area contributed by atoms with Gasteiger partial charge in [0, 0.05) is 33.4 Å². The second-order valence-corrected chi connectivity index (χ2v) is 7.45. The van der Waals surface area contributed by atoms with E-state index in [4.69, 9.17) is 32.7 Å². The van der Waals surface area contributed by atoms with Gasteiger partial charge < -0.3 is 19.9 Å². The third kappa shape index (κ3) is 4.99. The van der Waals surface area contributed by atoms with Crippen LogP contribution in [0.2, 0.25) is 10.0 Å². The molecular weight excluding hydrogens is 425 g/mol. The molecule has 0 radical (unpaired) electrons. The number of nitrogens with one attached hydrogen (secondary N) is 1. The van der Waals surface area contributed by atoms with E-state index in [0.29, 0.717) is 33.7 Å². The predicted octanol–water partition coefficient (Wildman–Crippen LogP) is 6.20. The van der Waals surface area contributed by atoms with Gasteiger partial charge in [-0.05, 0) is 42.8 Å². The first-order valence-electron chi connectivity index (χ1n) is 9.20. The van der Waals surface area contributed by atoms with Crippen molar-refractivity contribution < 1.29 is 19.4 Å². The number of ether oxygens (including phenoxy) is 2. The average Bonchev–Trinajstić information content (AvgIpc) is 2.72. The molecule has 0 aliphatic carbocycles. The topological polar surface area (TPSA) is 67.8 Å². The van der Waals surface area contributed by atoms with Crippen LogP contribution in [-0.2, 0) is 13.2 Å². The monoisotopic (exact) mass is 445 g/mol. The molecule has 0 saturated carbocycles. The van der Waals surface area contributed by atoms with Crippen LogP contribution in [0.3, 0.4) is 0 Å². The molecule has 0 saturated heterocycles. The summed E-state index contributed by atoms with van der Waals surface area (Å²) in [6.45, 7) is 2.44. The van der Waals surface area contributed by atoms with E-state index in [1.54, 1.807) is 38.3 Å². The Kier molecular flexibility index (Phi) is 7.08. The van der Waals surface area contributed by atoms with Crippen molar-refractivity contribution in [3.63, 3.8) is 0 Å². The third-order valence-corrected chi connectivity index (χ3v) is 5.29. The van der Waals surface area contributed by atoms with Crippen LogP contribution in [0.4, 0.5) is 5.69 Å². The van der Waals surface area contributed by atoms with Crippen molar-refractivity contribution >= 4 is 34.9 Å². The molecular formula is C23H21Cl2NO4. The summed E-state index contributed by atoms with van der Waals surface area (Å²) >= 11 is 12.2. The van der Waals surface area contributed by atoms with E-state index in [2.05, 4.69) is 5.32 Å². The molecule has 5 nitrogen and oxygen atoms in total. The minimum Gasteiger partial charge on any atom is -0.493 e. The smallest absolute Gasteiger partial charge is 0.336 e. The summed E-state index contributed by atoms with van der Waals surface area (Å²) in [4.78, 5) is 11.4. The van der Waals surface area contributed by atoms with Crippen molar-refractivity contribution in [2.24, 2.45) is 0 Å². The van der Waals surface area contributed by atoms with Gasteiger partial charge in [0.1, 0.15) is 6.61 Å². The third-order valence-electron chi connectivity index (χ3n) is 4.70. The Labute approximate surface area is 185 Å². The molecule has 0 fully saturated rings. The summed E-state index contributed by atoms with van der Waals surface area (Å²) in [5.41, 5.74) is 3.34. The van der Waals surface area contributed by atoms with Gasteiger partial charge in [-0.1, -0.05) is 47.5 Å². The van der Waals surface area contributed by atoms with Crippen molar-refractivity contribution in [3.05, 3.63) is 86.9 Å². The summed E-state index contributed by atoms with van der Waals surface area (Å²) in [7, 11) is 1.58. The van der Waals surface area contributed by atoms with E-state index in [9.17, 15) is 9.90 Å². The van der Waals surface area contributed by atoms with Crippen molar-refractivity contribution in [2.45, 2.75) is 20.1 Å². The number of benzene rings is 3. The SMILES string of the molecule is COc1cccc(CNc2cccc(C(=O)O)c2C)c1OCc1ccc(Cl)cc1Cl. The Bertz CT molecular complexity index is 1070. The maximum absolute atomic E-state index is 11.4. The molecule has 3 aromatic rings. The Hall–Kier alpha value is -2.89. The van der Waals surface area contributed by atoms with Crippen LogP contribution < -0.4 is 14.8 Å². The molecule has 0 spiro atoms.